The number of benzene rings is 2. The van der Waals surface area contributed by atoms with Gasteiger partial charge in [0.05, 0.1) is 0 Å². The van der Waals surface area contributed by atoms with Gasteiger partial charge in [0.2, 0.25) is 0 Å². The van der Waals surface area contributed by atoms with E-state index in [0.717, 1.165) is 33.4 Å². The van der Waals surface area contributed by atoms with Crippen LogP contribution in [0.5, 0.6) is 0 Å². The van der Waals surface area contributed by atoms with E-state index in [1.807, 2.05) is 65.1 Å². The maximum absolute atomic E-state index is 6.21. The first-order valence-corrected chi connectivity index (χ1v) is 9.11. The SMILES string of the molecule is Clc1ccc(-c2nnc3c(-c4cccc(Cl)c4)cc4cccnc4n23)cc1. The first-order chi connectivity index (χ1) is 13.2. The second-order valence-corrected chi connectivity index (χ2v) is 7.05. The van der Waals surface area contributed by atoms with Gasteiger partial charge in [-0.2, -0.15) is 0 Å². The molecule has 0 aliphatic heterocycles. The quantitative estimate of drug-likeness (QED) is 0.375. The standard InChI is InChI=1S/C21H12Cl2N4/c22-16-8-6-13(7-9-16)20-25-26-21-18(14-3-1-5-17(23)11-14)12-15-4-2-10-24-19(15)27(20)21/h1-12H. The van der Waals surface area contributed by atoms with Crippen molar-refractivity contribution in [2.75, 3.05) is 0 Å². The summed E-state index contributed by atoms with van der Waals surface area (Å²) in [6.45, 7) is 0. The normalized spacial score (nSPS) is 11.3. The molecule has 3 aromatic heterocycles. The lowest BCUT2D eigenvalue weighted by Crippen LogP contribution is -1.96. The van der Waals surface area contributed by atoms with Gasteiger partial charge < -0.3 is 0 Å². The fourth-order valence-electron chi connectivity index (χ4n) is 3.24. The van der Waals surface area contributed by atoms with E-state index in [1.165, 1.54) is 0 Å². The maximum Gasteiger partial charge on any atom is 0.170 e. The Bertz CT molecular complexity index is 1290. The fraction of sp³-hybridized carbons (Fsp3) is 0. The van der Waals surface area contributed by atoms with Crippen LogP contribution in [0.4, 0.5) is 0 Å². The van der Waals surface area contributed by atoms with E-state index in [9.17, 15) is 0 Å². The van der Waals surface area contributed by atoms with Crippen LogP contribution in [0.15, 0.2) is 72.9 Å². The molecule has 0 saturated carbocycles. The van der Waals surface area contributed by atoms with Gasteiger partial charge in [-0.3, -0.25) is 4.40 Å². The summed E-state index contributed by atoms with van der Waals surface area (Å²) in [5, 5.41) is 11.3. The van der Waals surface area contributed by atoms with Crippen LogP contribution in [0.25, 0.3) is 39.2 Å². The molecule has 0 radical (unpaired) electrons. The van der Waals surface area contributed by atoms with Crippen molar-refractivity contribution in [2.24, 2.45) is 0 Å². The highest BCUT2D eigenvalue weighted by atomic mass is 35.5. The van der Waals surface area contributed by atoms with Gasteiger partial charge in [-0.05, 0) is 60.2 Å². The zero-order valence-corrected chi connectivity index (χ0v) is 15.5. The van der Waals surface area contributed by atoms with Crippen LogP contribution in [-0.2, 0) is 0 Å². The van der Waals surface area contributed by atoms with E-state index in [1.54, 1.807) is 6.20 Å². The highest BCUT2D eigenvalue weighted by molar-refractivity contribution is 6.31. The molecule has 0 fully saturated rings. The third kappa shape index (κ3) is 2.74. The van der Waals surface area contributed by atoms with Gasteiger partial charge >= 0.3 is 0 Å². The van der Waals surface area contributed by atoms with E-state index < -0.39 is 0 Å². The average molecular weight is 391 g/mol. The van der Waals surface area contributed by atoms with Gasteiger partial charge in [0, 0.05) is 32.8 Å². The van der Waals surface area contributed by atoms with Crippen molar-refractivity contribution in [3.8, 4) is 22.5 Å². The van der Waals surface area contributed by atoms with Crippen molar-refractivity contribution in [2.45, 2.75) is 0 Å². The molecule has 0 aliphatic carbocycles. The number of hydrogen-bond acceptors (Lipinski definition) is 3. The predicted octanol–water partition coefficient (Wildman–Crippen LogP) is 5.92. The number of pyridine rings is 2. The Balaban J connectivity index is 1.89. The highest BCUT2D eigenvalue weighted by Gasteiger charge is 2.17. The molecule has 2 aromatic carbocycles. The van der Waals surface area contributed by atoms with Crippen molar-refractivity contribution >= 4 is 39.9 Å². The van der Waals surface area contributed by atoms with E-state index in [0.29, 0.717) is 15.9 Å². The minimum atomic E-state index is 0.675. The molecule has 4 nitrogen and oxygen atoms in total. The third-order valence-corrected chi connectivity index (χ3v) is 4.96. The van der Waals surface area contributed by atoms with E-state index in [2.05, 4.69) is 21.2 Å². The van der Waals surface area contributed by atoms with Gasteiger partial charge in [-0.25, -0.2) is 4.98 Å². The Morgan fingerprint density at radius 1 is 0.704 bits per heavy atom. The number of nitrogens with zero attached hydrogens (tertiary/aromatic N) is 4. The Morgan fingerprint density at radius 3 is 2.37 bits per heavy atom. The number of aromatic nitrogens is 4. The summed E-state index contributed by atoms with van der Waals surface area (Å²) in [6, 6.07) is 21.3. The summed E-state index contributed by atoms with van der Waals surface area (Å²) < 4.78 is 1.98. The van der Waals surface area contributed by atoms with Crippen LogP contribution in [0.1, 0.15) is 0 Å². The molecule has 6 heteroatoms. The molecule has 0 saturated heterocycles. The minimum absolute atomic E-state index is 0.675. The Hall–Kier alpha value is -2.95. The largest absolute Gasteiger partial charge is 0.258 e. The van der Waals surface area contributed by atoms with E-state index in [-0.39, 0.29) is 0 Å². The highest BCUT2D eigenvalue weighted by Crippen LogP contribution is 2.32. The zero-order chi connectivity index (χ0) is 18.4. The first-order valence-electron chi connectivity index (χ1n) is 8.35. The summed E-state index contributed by atoms with van der Waals surface area (Å²) in [4.78, 5) is 4.57. The van der Waals surface area contributed by atoms with Crippen LogP contribution in [0, 0.1) is 0 Å². The monoisotopic (exact) mass is 390 g/mol. The molecule has 130 valence electrons. The molecule has 0 bridgehead atoms. The van der Waals surface area contributed by atoms with Crippen molar-refractivity contribution in [1.29, 1.82) is 0 Å². The molecule has 3 heterocycles. The topological polar surface area (TPSA) is 43.1 Å². The first kappa shape index (κ1) is 16.2. The van der Waals surface area contributed by atoms with Crippen LogP contribution in [-0.4, -0.2) is 19.6 Å². The summed E-state index contributed by atoms with van der Waals surface area (Å²) in [5.41, 5.74) is 4.38. The molecule has 0 atom stereocenters. The molecular weight excluding hydrogens is 379 g/mol. The van der Waals surface area contributed by atoms with Gasteiger partial charge in [0.25, 0.3) is 0 Å². The van der Waals surface area contributed by atoms with Crippen molar-refractivity contribution in [3.63, 3.8) is 0 Å². The summed E-state index contributed by atoms with van der Waals surface area (Å²) in [7, 11) is 0. The lowest BCUT2D eigenvalue weighted by molar-refractivity contribution is 1.11. The zero-order valence-electron chi connectivity index (χ0n) is 14.0. The lowest BCUT2D eigenvalue weighted by Gasteiger charge is -2.09. The Labute approximate surface area is 165 Å². The second kappa shape index (κ2) is 6.34. The molecule has 5 rings (SSSR count). The molecule has 0 unspecified atom stereocenters. The number of halogens is 2. The van der Waals surface area contributed by atoms with Crippen LogP contribution in [0.2, 0.25) is 10.0 Å². The fourth-order valence-corrected chi connectivity index (χ4v) is 3.56. The Kier molecular flexibility index (Phi) is 3.81. The maximum atomic E-state index is 6.21. The minimum Gasteiger partial charge on any atom is -0.258 e. The third-order valence-electron chi connectivity index (χ3n) is 4.47. The molecule has 0 aliphatic rings. The van der Waals surface area contributed by atoms with Crippen molar-refractivity contribution in [3.05, 3.63) is 83.0 Å². The van der Waals surface area contributed by atoms with E-state index in [4.69, 9.17) is 23.2 Å². The smallest absolute Gasteiger partial charge is 0.170 e. The second-order valence-electron chi connectivity index (χ2n) is 6.17. The predicted molar refractivity (Wildman–Crippen MR) is 109 cm³/mol. The van der Waals surface area contributed by atoms with Crippen LogP contribution >= 0.6 is 23.2 Å². The summed E-state index contributed by atoms with van der Waals surface area (Å²) in [6.07, 6.45) is 1.77. The van der Waals surface area contributed by atoms with Gasteiger partial charge in [-0.15, -0.1) is 10.2 Å². The van der Waals surface area contributed by atoms with E-state index >= 15 is 0 Å². The molecule has 27 heavy (non-hydrogen) atoms. The molecule has 0 spiro atoms. The van der Waals surface area contributed by atoms with Crippen LogP contribution < -0.4 is 0 Å². The van der Waals surface area contributed by atoms with Gasteiger partial charge in [-0.1, -0.05) is 35.3 Å². The number of hydrogen-bond donors (Lipinski definition) is 0. The number of rotatable bonds is 2. The van der Waals surface area contributed by atoms with Crippen molar-refractivity contribution < 1.29 is 0 Å². The van der Waals surface area contributed by atoms with Gasteiger partial charge in [0.1, 0.15) is 5.65 Å². The molecule has 0 amide bonds. The molecular formula is C21H12Cl2N4. The lowest BCUT2D eigenvalue weighted by atomic mass is 10.1. The molecule has 5 aromatic rings. The number of fused-ring (bicyclic) bond motifs is 3. The Morgan fingerprint density at radius 2 is 1.56 bits per heavy atom. The van der Waals surface area contributed by atoms with Gasteiger partial charge in [0.15, 0.2) is 11.5 Å². The van der Waals surface area contributed by atoms with Crippen LogP contribution in [0.3, 0.4) is 0 Å². The average Bonchev–Trinajstić information content (AvgIpc) is 3.13. The summed E-state index contributed by atoms with van der Waals surface area (Å²) >= 11 is 12.3. The summed E-state index contributed by atoms with van der Waals surface area (Å²) in [5.74, 6) is 0.717. The van der Waals surface area contributed by atoms with Crippen molar-refractivity contribution in [1.82, 2.24) is 19.6 Å². The molecule has 0 N–H and O–H groups in total.